The number of likely N-dealkylation sites (tertiary alicyclic amines) is 1. The van der Waals surface area contributed by atoms with E-state index < -0.39 is 0 Å². The maximum Gasteiger partial charge on any atom is 0.000957 e. The second kappa shape index (κ2) is 7.38. The fourth-order valence-electron chi connectivity index (χ4n) is 2.92. The minimum atomic E-state index is 0.727. The van der Waals surface area contributed by atoms with Crippen LogP contribution in [0.4, 0.5) is 0 Å². The largest absolute Gasteiger partial charge is 0.330 e. The van der Waals surface area contributed by atoms with Crippen LogP contribution in [0.2, 0.25) is 0 Å². The number of piperidine rings is 1. The molecule has 2 nitrogen and oxygen atoms in total. The molecule has 2 heteroatoms. The van der Waals surface area contributed by atoms with Crippen LogP contribution in [0.1, 0.15) is 47.0 Å². The summed E-state index contributed by atoms with van der Waals surface area (Å²) < 4.78 is 0. The van der Waals surface area contributed by atoms with Crippen molar-refractivity contribution in [3.8, 4) is 0 Å². The van der Waals surface area contributed by atoms with Crippen LogP contribution in [-0.4, -0.2) is 31.1 Å². The molecule has 0 bridgehead atoms. The first-order valence-corrected chi connectivity index (χ1v) is 7.45. The van der Waals surface area contributed by atoms with E-state index in [-0.39, 0.29) is 0 Å². The van der Waals surface area contributed by atoms with Crippen molar-refractivity contribution in [1.29, 1.82) is 0 Å². The molecular weight excluding hydrogens is 208 g/mol. The maximum absolute atomic E-state index is 5.87. The Balaban J connectivity index is 2.25. The summed E-state index contributed by atoms with van der Waals surface area (Å²) in [6, 6.07) is 0. The quantitative estimate of drug-likeness (QED) is 0.773. The van der Waals surface area contributed by atoms with Gasteiger partial charge in [-0.15, -0.1) is 0 Å². The highest BCUT2D eigenvalue weighted by molar-refractivity contribution is 4.76. The molecule has 3 unspecified atom stereocenters. The van der Waals surface area contributed by atoms with Gasteiger partial charge >= 0.3 is 0 Å². The average Bonchev–Trinajstić information content (AvgIpc) is 2.28. The summed E-state index contributed by atoms with van der Waals surface area (Å²) in [5.41, 5.74) is 5.87. The molecule has 1 rings (SSSR count). The summed E-state index contributed by atoms with van der Waals surface area (Å²) in [4.78, 5) is 2.65. The molecule has 0 saturated carbocycles. The Bertz CT molecular complexity index is 203. The topological polar surface area (TPSA) is 29.3 Å². The van der Waals surface area contributed by atoms with Gasteiger partial charge < -0.3 is 10.6 Å². The Morgan fingerprint density at radius 3 is 2.47 bits per heavy atom. The van der Waals surface area contributed by atoms with E-state index in [1.54, 1.807) is 0 Å². The van der Waals surface area contributed by atoms with Crippen LogP contribution in [0.3, 0.4) is 0 Å². The summed E-state index contributed by atoms with van der Waals surface area (Å²) in [7, 11) is 0. The van der Waals surface area contributed by atoms with E-state index in [1.165, 1.54) is 38.9 Å². The van der Waals surface area contributed by atoms with Gasteiger partial charge in [-0.05, 0) is 62.6 Å². The molecule has 1 heterocycles. The summed E-state index contributed by atoms with van der Waals surface area (Å²) in [5, 5.41) is 0. The van der Waals surface area contributed by atoms with Crippen molar-refractivity contribution in [2.45, 2.75) is 47.0 Å². The lowest BCUT2D eigenvalue weighted by Crippen LogP contribution is -2.39. The van der Waals surface area contributed by atoms with Gasteiger partial charge in [0.25, 0.3) is 0 Å². The van der Waals surface area contributed by atoms with Crippen molar-refractivity contribution in [1.82, 2.24) is 4.90 Å². The van der Waals surface area contributed by atoms with Gasteiger partial charge in [0.2, 0.25) is 0 Å². The van der Waals surface area contributed by atoms with E-state index in [0.29, 0.717) is 0 Å². The molecule has 1 aliphatic rings. The van der Waals surface area contributed by atoms with Gasteiger partial charge in [-0.3, -0.25) is 0 Å². The van der Waals surface area contributed by atoms with Crippen molar-refractivity contribution in [3.05, 3.63) is 0 Å². The number of nitrogens with zero attached hydrogens (tertiary/aromatic N) is 1. The van der Waals surface area contributed by atoms with Gasteiger partial charge in [-0.25, -0.2) is 0 Å². The van der Waals surface area contributed by atoms with Crippen LogP contribution in [0, 0.1) is 23.7 Å². The molecule has 0 aromatic heterocycles. The fraction of sp³-hybridized carbons (Fsp3) is 1.00. The highest BCUT2D eigenvalue weighted by atomic mass is 15.1. The minimum absolute atomic E-state index is 0.727. The summed E-state index contributed by atoms with van der Waals surface area (Å²) in [6.45, 7) is 14.1. The lowest BCUT2D eigenvalue weighted by Gasteiger charge is -2.36. The van der Waals surface area contributed by atoms with Gasteiger partial charge in [-0.2, -0.15) is 0 Å². The number of nitrogens with two attached hydrogens (primary N) is 1. The molecule has 0 spiro atoms. The van der Waals surface area contributed by atoms with Crippen molar-refractivity contribution >= 4 is 0 Å². The second-order valence-electron chi connectivity index (χ2n) is 6.56. The Morgan fingerprint density at radius 2 is 1.94 bits per heavy atom. The molecule has 102 valence electrons. The van der Waals surface area contributed by atoms with Crippen molar-refractivity contribution in [2.75, 3.05) is 26.2 Å². The van der Waals surface area contributed by atoms with E-state index in [2.05, 4.69) is 32.6 Å². The standard InChI is InChI=1S/C15H32N2/c1-12(2)9-15(10-16)6-8-17-7-5-13(3)14(4)11-17/h12-15H,5-11,16H2,1-4H3. The first kappa shape index (κ1) is 15.0. The lowest BCUT2D eigenvalue weighted by molar-refractivity contribution is 0.130. The molecule has 0 aromatic carbocycles. The molecule has 0 aromatic rings. The Morgan fingerprint density at radius 1 is 1.24 bits per heavy atom. The van der Waals surface area contributed by atoms with E-state index in [9.17, 15) is 0 Å². The predicted molar refractivity (Wildman–Crippen MR) is 76.0 cm³/mol. The van der Waals surface area contributed by atoms with Crippen LogP contribution in [0.25, 0.3) is 0 Å². The third kappa shape index (κ3) is 5.39. The minimum Gasteiger partial charge on any atom is -0.330 e. The third-order valence-corrected chi connectivity index (χ3v) is 4.41. The maximum atomic E-state index is 5.87. The van der Waals surface area contributed by atoms with Gasteiger partial charge in [-0.1, -0.05) is 27.7 Å². The number of hydrogen-bond acceptors (Lipinski definition) is 2. The van der Waals surface area contributed by atoms with Crippen LogP contribution >= 0.6 is 0 Å². The van der Waals surface area contributed by atoms with Gasteiger partial charge in [0.05, 0.1) is 0 Å². The molecule has 1 saturated heterocycles. The molecule has 2 N–H and O–H groups in total. The summed E-state index contributed by atoms with van der Waals surface area (Å²) in [6.07, 6.45) is 3.95. The highest BCUT2D eigenvalue weighted by Crippen LogP contribution is 2.23. The first-order valence-electron chi connectivity index (χ1n) is 7.45. The van der Waals surface area contributed by atoms with Crippen LogP contribution in [0.15, 0.2) is 0 Å². The number of rotatable bonds is 6. The van der Waals surface area contributed by atoms with Crippen LogP contribution < -0.4 is 5.73 Å². The first-order chi connectivity index (χ1) is 8.02. The zero-order chi connectivity index (χ0) is 12.8. The SMILES string of the molecule is CC(C)CC(CN)CCN1CCC(C)C(C)C1. The molecule has 0 aliphatic carbocycles. The summed E-state index contributed by atoms with van der Waals surface area (Å²) >= 11 is 0. The number of hydrogen-bond donors (Lipinski definition) is 1. The highest BCUT2D eigenvalue weighted by Gasteiger charge is 2.22. The molecule has 1 aliphatic heterocycles. The third-order valence-electron chi connectivity index (χ3n) is 4.41. The molecular formula is C15H32N2. The van der Waals surface area contributed by atoms with Gasteiger partial charge in [0, 0.05) is 6.54 Å². The molecule has 0 amide bonds. The molecule has 17 heavy (non-hydrogen) atoms. The summed E-state index contributed by atoms with van der Waals surface area (Å²) in [5.74, 6) is 3.28. The molecule has 3 atom stereocenters. The smallest absolute Gasteiger partial charge is 0.000957 e. The Hall–Kier alpha value is -0.0800. The van der Waals surface area contributed by atoms with E-state index in [4.69, 9.17) is 5.73 Å². The van der Waals surface area contributed by atoms with Crippen molar-refractivity contribution < 1.29 is 0 Å². The normalized spacial score (nSPS) is 28.6. The van der Waals surface area contributed by atoms with Crippen molar-refractivity contribution in [3.63, 3.8) is 0 Å². The van der Waals surface area contributed by atoms with Crippen LogP contribution in [-0.2, 0) is 0 Å². The predicted octanol–water partition coefficient (Wildman–Crippen LogP) is 2.98. The average molecular weight is 240 g/mol. The van der Waals surface area contributed by atoms with E-state index in [1.807, 2.05) is 0 Å². The molecule has 0 radical (unpaired) electrons. The zero-order valence-electron chi connectivity index (χ0n) is 12.3. The molecule has 1 fully saturated rings. The van der Waals surface area contributed by atoms with Crippen molar-refractivity contribution in [2.24, 2.45) is 29.4 Å². The van der Waals surface area contributed by atoms with Gasteiger partial charge in [0.1, 0.15) is 0 Å². The van der Waals surface area contributed by atoms with Gasteiger partial charge in [0.15, 0.2) is 0 Å². The van der Waals surface area contributed by atoms with E-state index in [0.717, 1.165) is 30.2 Å². The Kier molecular flexibility index (Phi) is 6.50. The lowest BCUT2D eigenvalue weighted by atomic mass is 9.88. The van der Waals surface area contributed by atoms with Crippen LogP contribution in [0.5, 0.6) is 0 Å². The zero-order valence-corrected chi connectivity index (χ0v) is 12.3. The monoisotopic (exact) mass is 240 g/mol. The van der Waals surface area contributed by atoms with E-state index >= 15 is 0 Å². The second-order valence-corrected chi connectivity index (χ2v) is 6.56. The Labute approximate surface area is 108 Å². The fourth-order valence-corrected chi connectivity index (χ4v) is 2.92.